The Kier molecular flexibility index (Phi) is 17.4. The van der Waals surface area contributed by atoms with Crippen molar-refractivity contribution in [1.82, 2.24) is 0 Å². The lowest BCUT2D eigenvalue weighted by Gasteiger charge is -2.43. The molecule has 0 unspecified atom stereocenters. The summed E-state index contributed by atoms with van der Waals surface area (Å²) in [5.41, 5.74) is 3.41. The van der Waals surface area contributed by atoms with Crippen LogP contribution in [0.4, 0.5) is 0 Å². The Morgan fingerprint density at radius 2 is 1.16 bits per heavy atom. The molecule has 2 aromatic rings. The van der Waals surface area contributed by atoms with Crippen molar-refractivity contribution in [2.24, 2.45) is 15.8 Å². The molecule has 2 aliphatic heterocycles. The van der Waals surface area contributed by atoms with Gasteiger partial charge in [-0.1, -0.05) is 112 Å². The van der Waals surface area contributed by atoms with Gasteiger partial charge >= 0.3 is 0 Å². The minimum Gasteiger partial charge on any atom is -0.350 e. The maximum absolute atomic E-state index is 12.3. The molecule has 0 atom stereocenters. The molecule has 1 aliphatic carbocycles. The minimum absolute atomic E-state index is 0.0411. The maximum Gasteiger partial charge on any atom is 0.162 e. The zero-order valence-corrected chi connectivity index (χ0v) is 36.0. The fourth-order valence-corrected chi connectivity index (χ4v) is 7.29. The number of hydrogen-bond acceptors (Lipinski definition) is 6. The zero-order valence-electron chi connectivity index (χ0n) is 30.7. The van der Waals surface area contributed by atoms with Gasteiger partial charge < -0.3 is 18.9 Å². The van der Waals surface area contributed by atoms with Crippen LogP contribution in [0.15, 0.2) is 62.5 Å². The van der Waals surface area contributed by atoms with Crippen molar-refractivity contribution in [1.29, 1.82) is 0 Å². The number of Topliss-reactive ketones (excluding diaryl/α,β-unsaturated/α-hetero) is 1. The fraction of sp³-hybridized carbons (Fsp3) is 0.650. The number of ether oxygens (including phenoxy) is 4. The molecule has 274 valence electrons. The van der Waals surface area contributed by atoms with Crippen molar-refractivity contribution in [2.45, 2.75) is 124 Å². The molecule has 2 aromatic carbocycles. The van der Waals surface area contributed by atoms with E-state index < -0.39 is 5.79 Å². The second kappa shape index (κ2) is 20.0. The number of benzene rings is 2. The number of nitrogens with zero attached hydrogens (tertiary/aromatic N) is 1. The second-order valence-corrected chi connectivity index (χ2v) is 17.3. The van der Waals surface area contributed by atoms with E-state index in [0.717, 1.165) is 51.4 Å². The Balaban J connectivity index is 0.000000207. The van der Waals surface area contributed by atoms with Crippen molar-refractivity contribution in [2.75, 3.05) is 30.9 Å². The van der Waals surface area contributed by atoms with Gasteiger partial charge in [-0.25, -0.2) is 0 Å². The second-order valence-electron chi connectivity index (χ2n) is 14.7. The summed E-state index contributed by atoms with van der Waals surface area (Å²) in [5, 5.41) is 0. The summed E-state index contributed by atoms with van der Waals surface area (Å²) >= 11 is 9.25. The van der Waals surface area contributed by atoms with Crippen LogP contribution in [0.3, 0.4) is 0 Å². The van der Waals surface area contributed by atoms with E-state index in [0.29, 0.717) is 25.7 Å². The normalized spacial score (nSPS) is 21.4. The molecule has 0 bridgehead atoms. The SMILES string of the molecule is CC(=NC1CCCCC1)c1ccc(Br)cc1.CCC1(CCC(=O)c2ccc(Br)cc2)COC(C)(C)OC1.CCC1(CI)COC(C)(C)OC1. The Hall–Kier alpha value is -0.690. The first-order valence-electron chi connectivity index (χ1n) is 17.9. The summed E-state index contributed by atoms with van der Waals surface area (Å²) < 4.78 is 26.1. The summed E-state index contributed by atoms with van der Waals surface area (Å²) in [6.07, 6.45) is 10.1. The molecular weight excluding hydrogens is 861 g/mol. The lowest BCUT2D eigenvalue weighted by molar-refractivity contribution is -0.286. The number of aliphatic imine (C=N–C) groups is 1. The van der Waals surface area contributed by atoms with E-state index in [-0.39, 0.29) is 22.4 Å². The largest absolute Gasteiger partial charge is 0.350 e. The monoisotopic (exact) mass is 917 g/mol. The molecule has 9 heteroatoms. The zero-order chi connectivity index (χ0) is 36.1. The van der Waals surface area contributed by atoms with E-state index in [2.05, 4.69) is 99.5 Å². The van der Waals surface area contributed by atoms with Crippen molar-refractivity contribution >= 4 is 65.9 Å². The van der Waals surface area contributed by atoms with Crippen LogP contribution in [0, 0.1) is 10.8 Å². The Bertz CT molecular complexity index is 1300. The molecule has 3 fully saturated rings. The summed E-state index contributed by atoms with van der Waals surface area (Å²) in [4.78, 5) is 17.1. The van der Waals surface area contributed by atoms with E-state index in [4.69, 9.17) is 23.9 Å². The van der Waals surface area contributed by atoms with Crippen LogP contribution < -0.4 is 0 Å². The summed E-state index contributed by atoms with van der Waals surface area (Å²) in [6, 6.07) is 16.5. The van der Waals surface area contributed by atoms with Gasteiger partial charge in [0.1, 0.15) is 0 Å². The number of ketones is 1. The maximum atomic E-state index is 12.3. The highest BCUT2D eigenvalue weighted by Gasteiger charge is 2.39. The first kappa shape index (κ1) is 42.7. The lowest BCUT2D eigenvalue weighted by Crippen LogP contribution is -2.47. The standard InChI is InChI=1S/C17H23BrO3.C14H18BrN.C9H17IO2/c1-4-17(11-20-16(2,3)21-12-17)10-9-15(19)13-5-7-14(18)8-6-13;1-11(12-7-9-13(15)10-8-12)16-14-5-3-2-4-6-14;1-4-9(5-10)6-11-8(2,3)12-7-9/h5-8H,4,9-12H2,1-3H3;7-10,14H,2-6H2,1H3;4-7H2,1-3H3. The highest BCUT2D eigenvalue weighted by Crippen LogP contribution is 2.37. The molecule has 1 saturated carbocycles. The molecule has 6 nitrogen and oxygen atoms in total. The van der Waals surface area contributed by atoms with E-state index in [1.807, 2.05) is 52.0 Å². The van der Waals surface area contributed by atoms with Crippen LogP contribution in [-0.4, -0.2) is 60.0 Å². The van der Waals surface area contributed by atoms with E-state index >= 15 is 0 Å². The smallest absolute Gasteiger partial charge is 0.162 e. The van der Waals surface area contributed by atoms with Gasteiger partial charge in [-0.05, 0) is 96.6 Å². The first-order chi connectivity index (χ1) is 23.1. The number of carbonyl (C=O) groups is 1. The third-order valence-corrected chi connectivity index (χ3v) is 12.6. The van der Waals surface area contributed by atoms with Crippen molar-refractivity contribution in [3.05, 3.63) is 68.6 Å². The van der Waals surface area contributed by atoms with Gasteiger partial charge in [-0.15, -0.1) is 0 Å². The molecule has 0 N–H and O–H groups in total. The van der Waals surface area contributed by atoms with Gasteiger partial charge in [0.2, 0.25) is 0 Å². The third-order valence-electron chi connectivity index (χ3n) is 9.95. The van der Waals surface area contributed by atoms with Gasteiger partial charge in [0, 0.05) is 41.9 Å². The van der Waals surface area contributed by atoms with Crippen LogP contribution in [0.2, 0.25) is 0 Å². The summed E-state index contributed by atoms with van der Waals surface area (Å²) in [7, 11) is 0. The topological polar surface area (TPSA) is 66.4 Å². The van der Waals surface area contributed by atoms with Gasteiger partial charge in [0.25, 0.3) is 0 Å². The Morgan fingerprint density at radius 1 is 0.735 bits per heavy atom. The van der Waals surface area contributed by atoms with Crippen LogP contribution in [0.25, 0.3) is 0 Å². The van der Waals surface area contributed by atoms with E-state index in [1.165, 1.54) is 43.4 Å². The number of alkyl halides is 1. The molecule has 49 heavy (non-hydrogen) atoms. The summed E-state index contributed by atoms with van der Waals surface area (Å²) in [5.74, 6) is -0.695. The molecule has 0 amide bonds. The molecular formula is C40H58Br2INO5. The van der Waals surface area contributed by atoms with Crippen molar-refractivity contribution < 1.29 is 23.7 Å². The molecule has 2 heterocycles. The molecule has 5 rings (SSSR count). The van der Waals surface area contributed by atoms with Crippen molar-refractivity contribution in [3.8, 4) is 0 Å². The van der Waals surface area contributed by atoms with E-state index in [1.54, 1.807) is 0 Å². The van der Waals surface area contributed by atoms with Crippen LogP contribution in [0.5, 0.6) is 0 Å². The van der Waals surface area contributed by atoms with E-state index in [9.17, 15) is 4.79 Å². The first-order valence-corrected chi connectivity index (χ1v) is 21.0. The highest BCUT2D eigenvalue weighted by molar-refractivity contribution is 14.1. The van der Waals surface area contributed by atoms with Gasteiger partial charge in [0.15, 0.2) is 17.4 Å². The number of hydrogen-bond donors (Lipinski definition) is 0. The Morgan fingerprint density at radius 3 is 1.59 bits per heavy atom. The molecule has 3 aliphatic rings. The minimum atomic E-state index is -0.506. The van der Waals surface area contributed by atoms with Gasteiger partial charge in [-0.2, -0.15) is 0 Å². The number of carbonyl (C=O) groups excluding carboxylic acids is 1. The van der Waals surface area contributed by atoms with Crippen molar-refractivity contribution in [3.63, 3.8) is 0 Å². The van der Waals surface area contributed by atoms with Crippen LogP contribution in [0.1, 0.15) is 122 Å². The predicted molar refractivity (Wildman–Crippen MR) is 217 cm³/mol. The molecule has 2 saturated heterocycles. The van der Waals surface area contributed by atoms with Crippen LogP contribution in [-0.2, 0) is 18.9 Å². The number of halogens is 3. The predicted octanol–water partition coefficient (Wildman–Crippen LogP) is 11.8. The van der Waals surface area contributed by atoms with Crippen LogP contribution >= 0.6 is 54.5 Å². The average Bonchev–Trinajstić information content (AvgIpc) is 3.10. The average molecular weight is 920 g/mol. The highest BCUT2D eigenvalue weighted by atomic mass is 127. The quantitative estimate of drug-likeness (QED) is 0.108. The molecule has 0 aromatic heterocycles. The fourth-order valence-electron chi connectivity index (χ4n) is 5.78. The molecule has 0 radical (unpaired) electrons. The summed E-state index contributed by atoms with van der Waals surface area (Å²) in [6.45, 7) is 17.2. The number of rotatable bonds is 9. The van der Waals surface area contributed by atoms with Gasteiger partial charge in [0.05, 0.1) is 32.5 Å². The lowest BCUT2D eigenvalue weighted by atomic mass is 9.80. The molecule has 0 spiro atoms. The Labute approximate surface area is 326 Å². The third kappa shape index (κ3) is 14.3. The van der Waals surface area contributed by atoms with Gasteiger partial charge in [-0.3, -0.25) is 9.79 Å².